The fraction of sp³-hybridized carbons (Fsp3) is 0.543. The summed E-state index contributed by atoms with van der Waals surface area (Å²) in [6, 6.07) is 11.8. The first-order valence-corrected chi connectivity index (χ1v) is 16.5. The van der Waals surface area contributed by atoms with Gasteiger partial charge in [-0.1, -0.05) is 31.2 Å². The van der Waals surface area contributed by atoms with E-state index < -0.39 is 11.9 Å². The number of esters is 1. The molecular formula is C35H44N4O6. The average Bonchev–Trinajstić information content (AvgIpc) is 3.33. The molecule has 1 aliphatic carbocycles. The molecule has 3 heterocycles. The Kier molecular flexibility index (Phi) is 9.28. The second kappa shape index (κ2) is 13.5. The Morgan fingerprint density at radius 1 is 1.02 bits per heavy atom. The zero-order valence-corrected chi connectivity index (χ0v) is 26.3. The van der Waals surface area contributed by atoms with Crippen molar-refractivity contribution in [3.63, 3.8) is 0 Å². The van der Waals surface area contributed by atoms with E-state index in [1.165, 1.54) is 5.56 Å². The fourth-order valence-electron chi connectivity index (χ4n) is 7.26. The highest BCUT2D eigenvalue weighted by Gasteiger charge is 2.33. The molecule has 240 valence electrons. The van der Waals surface area contributed by atoms with Gasteiger partial charge in [0.15, 0.2) is 11.7 Å². The molecule has 0 bridgehead atoms. The van der Waals surface area contributed by atoms with Gasteiger partial charge in [0.1, 0.15) is 0 Å². The number of hydrogen-bond donors (Lipinski definition) is 2. The number of aromatic amines is 1. The number of aryl methyl sites for hydroxylation is 1. The number of benzene rings is 2. The summed E-state index contributed by atoms with van der Waals surface area (Å²) in [5.41, 5.74) is 4.73. The van der Waals surface area contributed by atoms with Crippen molar-refractivity contribution in [2.45, 2.75) is 90.2 Å². The number of amides is 3. The first-order chi connectivity index (χ1) is 21.7. The van der Waals surface area contributed by atoms with E-state index in [9.17, 15) is 19.2 Å². The van der Waals surface area contributed by atoms with Crippen LogP contribution in [0.15, 0.2) is 45.6 Å². The van der Waals surface area contributed by atoms with E-state index >= 15 is 0 Å². The van der Waals surface area contributed by atoms with E-state index in [1.807, 2.05) is 41.0 Å². The van der Waals surface area contributed by atoms with Gasteiger partial charge in [0.05, 0.1) is 5.52 Å². The first kappa shape index (κ1) is 30.9. The molecule has 1 aromatic heterocycles. The normalized spacial score (nSPS) is 21.6. The number of fused-ring (bicyclic) bond motifs is 2. The number of nitrogens with one attached hydrogen (secondary N) is 2. The quantitative estimate of drug-likeness (QED) is 0.319. The number of nitrogens with zero attached hydrogens (tertiary/aromatic N) is 2. The van der Waals surface area contributed by atoms with Crippen molar-refractivity contribution in [1.82, 2.24) is 14.8 Å². The predicted molar refractivity (Wildman–Crippen MR) is 171 cm³/mol. The zero-order valence-electron chi connectivity index (χ0n) is 26.3. The number of rotatable bonds is 8. The number of oxazole rings is 1. The fourth-order valence-corrected chi connectivity index (χ4v) is 7.26. The summed E-state index contributed by atoms with van der Waals surface area (Å²) < 4.78 is 11.2. The smallest absolute Gasteiger partial charge is 0.417 e. The number of urea groups is 1. The summed E-state index contributed by atoms with van der Waals surface area (Å²) in [6.45, 7) is 6.08. The maximum atomic E-state index is 13.6. The highest BCUT2D eigenvalue weighted by molar-refractivity contribution is 5.91. The topological polar surface area (TPSA) is 125 Å². The van der Waals surface area contributed by atoms with E-state index in [1.54, 1.807) is 6.07 Å². The Morgan fingerprint density at radius 3 is 2.56 bits per heavy atom. The third kappa shape index (κ3) is 7.26. The van der Waals surface area contributed by atoms with Crippen molar-refractivity contribution in [1.29, 1.82) is 0 Å². The number of aromatic nitrogens is 1. The molecule has 1 saturated heterocycles. The van der Waals surface area contributed by atoms with Crippen LogP contribution < -0.4 is 11.1 Å². The maximum Gasteiger partial charge on any atom is 0.417 e. The Balaban J connectivity index is 1.04. The van der Waals surface area contributed by atoms with Crippen LogP contribution in [-0.2, 0) is 27.2 Å². The van der Waals surface area contributed by atoms with Crippen LogP contribution in [0.1, 0.15) is 75.0 Å². The van der Waals surface area contributed by atoms with Crippen LogP contribution in [-0.4, -0.2) is 64.5 Å². The molecular weight excluding hydrogens is 572 g/mol. The molecule has 3 aliphatic rings. The second-order valence-electron chi connectivity index (χ2n) is 13.2. The number of carbonyl (C=O) groups excluding carboxylic acids is 3. The molecule has 3 aromatic rings. The molecule has 2 aromatic carbocycles. The van der Waals surface area contributed by atoms with Gasteiger partial charge in [-0.25, -0.2) is 9.59 Å². The van der Waals surface area contributed by atoms with Gasteiger partial charge >= 0.3 is 17.8 Å². The van der Waals surface area contributed by atoms with Crippen LogP contribution in [0.5, 0.6) is 0 Å². The van der Waals surface area contributed by atoms with Gasteiger partial charge in [0.25, 0.3) is 5.91 Å². The Hall–Kier alpha value is -4.08. The molecule has 10 heteroatoms. The monoisotopic (exact) mass is 616 g/mol. The Labute approximate surface area is 263 Å². The summed E-state index contributed by atoms with van der Waals surface area (Å²) in [4.78, 5) is 58.1. The summed E-state index contributed by atoms with van der Waals surface area (Å²) in [7, 11) is 0. The van der Waals surface area contributed by atoms with Crippen molar-refractivity contribution < 1.29 is 23.5 Å². The lowest BCUT2D eigenvalue weighted by Crippen LogP contribution is -2.46. The molecule has 1 atom stereocenters. The van der Waals surface area contributed by atoms with Gasteiger partial charge in [0.2, 0.25) is 0 Å². The van der Waals surface area contributed by atoms with Gasteiger partial charge in [-0.05, 0) is 98.9 Å². The number of H-pyrrole nitrogens is 1. The SMILES string of the molecule is Cc1cc(C[C@@H](OC(=O)CCC2CCC(N3CCc4ccccc4NC3=O)CC2)C(=O)N2CCC(C)CC2)cc2oc(=O)[nH]c12. The molecule has 0 radical (unpaired) electrons. The number of likely N-dealkylation sites (tertiary alicyclic amines) is 1. The standard InChI is InChI=1S/C35H44N4O6/c1-22-13-16-38(17-14-22)33(41)30(21-25-19-23(2)32-29(20-25)45-35(43)37-32)44-31(40)12-9-24-7-10-27(11-8-24)39-18-15-26-5-3-4-6-28(26)36-34(39)42/h3-6,19-20,22,24,27,30H,7-18,21H2,1-2H3,(H,36,42)(H,37,43)/t24?,27?,30-/m1/s1. The molecule has 45 heavy (non-hydrogen) atoms. The summed E-state index contributed by atoms with van der Waals surface area (Å²) in [5, 5.41) is 3.08. The summed E-state index contributed by atoms with van der Waals surface area (Å²) in [5.74, 6) is -0.114. The van der Waals surface area contributed by atoms with E-state index in [0.29, 0.717) is 49.0 Å². The molecule has 1 saturated carbocycles. The third-order valence-corrected chi connectivity index (χ3v) is 10.0. The predicted octanol–water partition coefficient (Wildman–Crippen LogP) is 5.57. The number of para-hydroxylation sites is 1. The van der Waals surface area contributed by atoms with Crippen molar-refractivity contribution in [2.24, 2.45) is 11.8 Å². The Morgan fingerprint density at radius 2 is 1.78 bits per heavy atom. The lowest BCUT2D eigenvalue weighted by atomic mass is 9.83. The summed E-state index contributed by atoms with van der Waals surface area (Å²) >= 11 is 0. The molecule has 10 nitrogen and oxygen atoms in total. The minimum atomic E-state index is -0.935. The van der Waals surface area contributed by atoms with Gasteiger partial charge in [-0.3, -0.25) is 14.6 Å². The van der Waals surface area contributed by atoms with Gasteiger partial charge in [-0.15, -0.1) is 0 Å². The van der Waals surface area contributed by atoms with E-state index in [0.717, 1.165) is 61.8 Å². The third-order valence-electron chi connectivity index (χ3n) is 10.0. The molecule has 2 fully saturated rings. The van der Waals surface area contributed by atoms with Crippen molar-refractivity contribution in [2.75, 3.05) is 25.0 Å². The minimum absolute atomic E-state index is 0.0289. The van der Waals surface area contributed by atoms with Crippen molar-refractivity contribution >= 4 is 34.7 Å². The molecule has 0 spiro atoms. The lowest BCUT2D eigenvalue weighted by Gasteiger charge is -2.36. The zero-order chi connectivity index (χ0) is 31.5. The number of piperidine rings is 1. The highest BCUT2D eigenvalue weighted by atomic mass is 16.5. The molecule has 2 N–H and O–H groups in total. The molecule has 6 rings (SSSR count). The number of hydrogen-bond acceptors (Lipinski definition) is 6. The van der Waals surface area contributed by atoms with Crippen LogP contribution in [0.3, 0.4) is 0 Å². The molecule has 2 aliphatic heterocycles. The van der Waals surface area contributed by atoms with Crippen LogP contribution in [0.2, 0.25) is 0 Å². The first-order valence-electron chi connectivity index (χ1n) is 16.5. The van der Waals surface area contributed by atoms with E-state index in [-0.39, 0.29) is 36.8 Å². The van der Waals surface area contributed by atoms with Crippen molar-refractivity contribution in [3.8, 4) is 0 Å². The molecule has 0 unspecified atom stereocenters. The van der Waals surface area contributed by atoms with Crippen LogP contribution >= 0.6 is 0 Å². The number of anilines is 1. The van der Waals surface area contributed by atoms with E-state index in [4.69, 9.17) is 9.15 Å². The largest absolute Gasteiger partial charge is 0.452 e. The number of carbonyl (C=O) groups is 3. The highest BCUT2D eigenvalue weighted by Crippen LogP contribution is 2.33. The van der Waals surface area contributed by atoms with Crippen LogP contribution in [0, 0.1) is 18.8 Å². The second-order valence-corrected chi connectivity index (χ2v) is 13.2. The van der Waals surface area contributed by atoms with Gasteiger partial charge < -0.3 is 24.3 Å². The van der Waals surface area contributed by atoms with Crippen molar-refractivity contribution in [3.05, 3.63) is 63.6 Å². The number of ether oxygens (including phenoxy) is 1. The van der Waals surface area contributed by atoms with Gasteiger partial charge in [0, 0.05) is 44.2 Å². The van der Waals surface area contributed by atoms with E-state index in [2.05, 4.69) is 23.3 Å². The van der Waals surface area contributed by atoms with Crippen LogP contribution in [0.4, 0.5) is 10.5 Å². The Bertz CT molecular complexity index is 1590. The average molecular weight is 617 g/mol. The molecule has 3 amide bonds. The lowest BCUT2D eigenvalue weighted by molar-refractivity contribution is -0.161. The maximum absolute atomic E-state index is 13.6. The minimum Gasteiger partial charge on any atom is -0.452 e. The van der Waals surface area contributed by atoms with Crippen LogP contribution in [0.25, 0.3) is 11.1 Å². The summed E-state index contributed by atoms with van der Waals surface area (Å²) in [6.07, 6.45) is 6.65. The van der Waals surface area contributed by atoms with Gasteiger partial charge in [-0.2, -0.15) is 0 Å².